The molecule has 222 valence electrons. The van der Waals surface area contributed by atoms with Crippen molar-refractivity contribution in [3.63, 3.8) is 0 Å². The van der Waals surface area contributed by atoms with Gasteiger partial charge in [-0.1, -0.05) is 55.9 Å². The second-order valence-corrected chi connectivity index (χ2v) is 9.29. The van der Waals surface area contributed by atoms with Gasteiger partial charge in [0.25, 0.3) is 0 Å². The van der Waals surface area contributed by atoms with E-state index in [1.54, 1.807) is 18.2 Å². The highest BCUT2D eigenvalue weighted by molar-refractivity contribution is 6.00. The topological polar surface area (TPSA) is 41.8 Å². The normalized spacial score (nSPS) is 15.8. The van der Waals surface area contributed by atoms with E-state index in [0.29, 0.717) is 12.2 Å². The number of halogens is 3. The Balaban J connectivity index is 0.000000352. The van der Waals surface area contributed by atoms with E-state index in [-0.39, 0.29) is 11.3 Å². The highest BCUT2D eigenvalue weighted by Crippen LogP contribution is 2.38. The molecule has 2 aromatic rings. The number of hydrogen-bond donors (Lipinski definition) is 1. The van der Waals surface area contributed by atoms with Gasteiger partial charge >= 0.3 is 6.18 Å². The Kier molecular flexibility index (Phi) is 13.8. The van der Waals surface area contributed by atoms with E-state index in [1.165, 1.54) is 6.07 Å². The highest BCUT2D eigenvalue weighted by atomic mass is 19.4. The number of aliphatic imine (C=N–C) groups is 1. The number of alkyl halides is 3. The van der Waals surface area contributed by atoms with Crippen molar-refractivity contribution in [3.05, 3.63) is 108 Å². The summed E-state index contributed by atoms with van der Waals surface area (Å²) in [5.74, 6) is 0.239. The fourth-order valence-corrected chi connectivity index (χ4v) is 4.15. The van der Waals surface area contributed by atoms with Crippen molar-refractivity contribution in [1.82, 2.24) is 14.8 Å². The van der Waals surface area contributed by atoms with Gasteiger partial charge in [-0.05, 0) is 61.4 Å². The summed E-state index contributed by atoms with van der Waals surface area (Å²) in [6.07, 6.45) is 15.2. The van der Waals surface area contributed by atoms with Gasteiger partial charge in [-0.2, -0.15) is 13.2 Å². The SMILES string of the molecule is CC.CC1=CC=C(c2ccc(OCCCn3cccc3)cc2C(F)(F)F)C=CC1.CN=C1CC=CN(C)C=C1NC. The Morgan fingerprint density at radius 3 is 2.44 bits per heavy atom. The first-order chi connectivity index (χ1) is 19.7. The number of ether oxygens (including phenoxy) is 1. The van der Waals surface area contributed by atoms with Crippen molar-refractivity contribution in [2.24, 2.45) is 4.99 Å². The van der Waals surface area contributed by atoms with Crippen LogP contribution in [0.2, 0.25) is 0 Å². The Hall–Kier alpha value is -3.94. The monoisotopic (exact) mass is 568 g/mol. The number of allylic oxidation sites excluding steroid dienone is 8. The number of aromatic nitrogens is 1. The lowest BCUT2D eigenvalue weighted by Crippen LogP contribution is -2.17. The standard InChI is InChI=1S/C22H22F3NO.C9H15N3.C2H6/c1-17-6-4-7-18(9-8-17)20-11-10-19(16-21(20)22(23,24)25)27-15-5-14-26-12-2-3-13-26;1-10-8-5-4-6-12(3)7-9(8)11-2;1-2/h2-4,7-13,16H,5-6,14-15H2,1H3;4,6-7,11H,5H2,1-3H3;1-2H3. The van der Waals surface area contributed by atoms with Crippen LogP contribution < -0.4 is 10.1 Å². The molecular weight excluding hydrogens is 525 g/mol. The van der Waals surface area contributed by atoms with E-state index in [2.05, 4.69) is 16.4 Å². The number of hydrogen-bond acceptors (Lipinski definition) is 4. The molecule has 0 amide bonds. The van der Waals surface area contributed by atoms with Crippen LogP contribution in [0.1, 0.15) is 51.2 Å². The largest absolute Gasteiger partial charge is 0.494 e. The smallest absolute Gasteiger partial charge is 0.417 e. The van der Waals surface area contributed by atoms with Gasteiger partial charge in [0.15, 0.2) is 0 Å². The van der Waals surface area contributed by atoms with Gasteiger partial charge in [-0.3, -0.25) is 4.99 Å². The fraction of sp³-hybridized carbons (Fsp3) is 0.364. The molecule has 0 bridgehead atoms. The third kappa shape index (κ3) is 10.9. The molecule has 1 aromatic carbocycles. The number of benzene rings is 1. The molecule has 0 radical (unpaired) electrons. The first-order valence-corrected chi connectivity index (χ1v) is 13.9. The molecule has 0 saturated heterocycles. The van der Waals surface area contributed by atoms with Crippen molar-refractivity contribution >= 4 is 11.3 Å². The number of nitrogens with one attached hydrogen (secondary N) is 1. The van der Waals surface area contributed by atoms with Gasteiger partial charge in [0, 0.05) is 52.7 Å². The van der Waals surface area contributed by atoms with Crippen LogP contribution in [0, 0.1) is 0 Å². The van der Waals surface area contributed by atoms with Crippen molar-refractivity contribution in [2.45, 2.75) is 52.8 Å². The molecule has 0 fully saturated rings. The molecule has 0 spiro atoms. The average molecular weight is 569 g/mol. The molecule has 1 aliphatic heterocycles. The molecule has 4 rings (SSSR count). The van der Waals surface area contributed by atoms with Gasteiger partial charge in [-0.25, -0.2) is 0 Å². The molecule has 41 heavy (non-hydrogen) atoms. The number of aryl methyl sites for hydroxylation is 1. The van der Waals surface area contributed by atoms with Crippen molar-refractivity contribution in [3.8, 4) is 5.75 Å². The minimum atomic E-state index is -4.44. The van der Waals surface area contributed by atoms with E-state index in [9.17, 15) is 13.2 Å². The third-order valence-corrected chi connectivity index (χ3v) is 6.22. The molecule has 0 atom stereocenters. The first kappa shape index (κ1) is 33.3. The predicted molar refractivity (Wildman–Crippen MR) is 165 cm³/mol. The Bertz CT molecular complexity index is 1270. The van der Waals surface area contributed by atoms with Crippen LogP contribution >= 0.6 is 0 Å². The average Bonchev–Trinajstić information content (AvgIpc) is 3.30. The lowest BCUT2D eigenvalue weighted by Gasteiger charge is -2.16. The molecule has 1 N–H and O–H groups in total. The Morgan fingerprint density at radius 1 is 1.05 bits per heavy atom. The molecule has 1 aromatic heterocycles. The minimum Gasteiger partial charge on any atom is -0.494 e. The van der Waals surface area contributed by atoms with Crippen molar-refractivity contribution in [1.29, 1.82) is 0 Å². The van der Waals surface area contributed by atoms with Crippen LogP contribution in [0.5, 0.6) is 5.75 Å². The second kappa shape index (κ2) is 17.0. The maximum absolute atomic E-state index is 13.6. The van der Waals surface area contributed by atoms with Crippen molar-refractivity contribution in [2.75, 3.05) is 27.7 Å². The lowest BCUT2D eigenvalue weighted by molar-refractivity contribution is -0.137. The van der Waals surface area contributed by atoms with Crippen LogP contribution in [0.25, 0.3) is 5.57 Å². The summed E-state index contributed by atoms with van der Waals surface area (Å²) in [6.45, 7) is 7.08. The molecule has 0 unspecified atom stereocenters. The Labute approximate surface area is 243 Å². The molecule has 1 aliphatic carbocycles. The van der Waals surface area contributed by atoms with Crippen molar-refractivity contribution < 1.29 is 17.9 Å². The van der Waals surface area contributed by atoms with E-state index in [4.69, 9.17) is 4.74 Å². The molecule has 2 aliphatic rings. The van der Waals surface area contributed by atoms with Crippen LogP contribution in [-0.2, 0) is 12.7 Å². The van der Waals surface area contributed by atoms with Crippen LogP contribution in [0.3, 0.4) is 0 Å². The van der Waals surface area contributed by atoms with E-state index >= 15 is 0 Å². The van der Waals surface area contributed by atoms with Gasteiger partial charge in [0.2, 0.25) is 0 Å². The molecule has 0 saturated carbocycles. The fourth-order valence-electron chi connectivity index (χ4n) is 4.15. The van der Waals surface area contributed by atoms with E-state index in [1.807, 2.05) is 100 Å². The van der Waals surface area contributed by atoms with Crippen LogP contribution in [-0.4, -0.2) is 42.9 Å². The van der Waals surface area contributed by atoms with Gasteiger partial charge in [0.1, 0.15) is 5.75 Å². The summed E-state index contributed by atoms with van der Waals surface area (Å²) in [6, 6.07) is 8.07. The van der Waals surface area contributed by atoms with E-state index < -0.39 is 11.7 Å². The number of rotatable bonds is 7. The summed E-state index contributed by atoms with van der Waals surface area (Å²) in [5.41, 5.74) is 3.34. The summed E-state index contributed by atoms with van der Waals surface area (Å²) in [4.78, 5) is 6.22. The van der Waals surface area contributed by atoms with Gasteiger partial charge < -0.3 is 19.5 Å². The molecule has 5 nitrogen and oxygen atoms in total. The predicted octanol–water partition coefficient (Wildman–Crippen LogP) is 8.26. The summed E-state index contributed by atoms with van der Waals surface area (Å²) < 4.78 is 48.4. The maximum Gasteiger partial charge on any atom is 0.417 e. The quantitative estimate of drug-likeness (QED) is 0.342. The third-order valence-electron chi connectivity index (χ3n) is 6.22. The Morgan fingerprint density at radius 2 is 1.78 bits per heavy atom. The maximum atomic E-state index is 13.6. The summed E-state index contributed by atoms with van der Waals surface area (Å²) >= 11 is 0. The lowest BCUT2D eigenvalue weighted by atomic mass is 9.98. The zero-order valence-electron chi connectivity index (χ0n) is 25.0. The summed E-state index contributed by atoms with van der Waals surface area (Å²) in [5, 5.41) is 3.12. The second-order valence-electron chi connectivity index (χ2n) is 9.29. The molecular formula is C33H43F3N4O. The number of nitrogens with zero attached hydrogens (tertiary/aromatic N) is 3. The first-order valence-electron chi connectivity index (χ1n) is 13.9. The zero-order valence-corrected chi connectivity index (χ0v) is 25.0. The van der Waals surface area contributed by atoms with Crippen LogP contribution in [0.4, 0.5) is 13.2 Å². The molecule has 2 heterocycles. The van der Waals surface area contributed by atoms with Gasteiger partial charge in [-0.15, -0.1) is 0 Å². The van der Waals surface area contributed by atoms with E-state index in [0.717, 1.165) is 48.9 Å². The van der Waals surface area contributed by atoms with Gasteiger partial charge in [0.05, 0.1) is 23.6 Å². The van der Waals surface area contributed by atoms with Crippen LogP contribution in [0.15, 0.2) is 102 Å². The molecule has 8 heteroatoms. The minimum absolute atomic E-state index is 0.171. The zero-order chi connectivity index (χ0) is 30.3. The summed E-state index contributed by atoms with van der Waals surface area (Å²) in [7, 11) is 5.74. The highest BCUT2D eigenvalue weighted by Gasteiger charge is 2.34.